The first-order valence-corrected chi connectivity index (χ1v) is 3.49. The summed E-state index contributed by atoms with van der Waals surface area (Å²) in [6.45, 7) is 4.93. The lowest BCUT2D eigenvalue weighted by Gasteiger charge is -2.01. The molecule has 0 atom stereocenters. The summed E-state index contributed by atoms with van der Waals surface area (Å²) in [6, 6.07) is 0. The summed E-state index contributed by atoms with van der Waals surface area (Å²) >= 11 is 5.61. The predicted molar refractivity (Wildman–Crippen MR) is 37.7 cm³/mol. The molecular formula is C5H9ClN4. The molecule has 0 aliphatic rings. The molecule has 4 nitrogen and oxygen atoms in total. The zero-order valence-electron chi connectivity index (χ0n) is 5.95. The van der Waals surface area contributed by atoms with Gasteiger partial charge >= 0.3 is 0 Å². The fourth-order valence-electron chi connectivity index (χ4n) is 0.651. The highest BCUT2D eigenvalue weighted by molar-refractivity contribution is 6.28. The fourth-order valence-corrected chi connectivity index (χ4v) is 0.788. The Morgan fingerprint density at radius 1 is 1.60 bits per heavy atom. The average Bonchev–Trinajstić information content (AvgIpc) is 2.15. The van der Waals surface area contributed by atoms with Crippen molar-refractivity contribution in [3.05, 3.63) is 5.28 Å². The van der Waals surface area contributed by atoms with Crippen LogP contribution in [0.3, 0.4) is 0 Å². The van der Waals surface area contributed by atoms with Gasteiger partial charge in [0, 0.05) is 6.54 Å². The van der Waals surface area contributed by atoms with Gasteiger partial charge in [0.15, 0.2) is 0 Å². The van der Waals surface area contributed by atoms with Gasteiger partial charge < -0.3 is 0 Å². The molecule has 0 bridgehead atoms. The number of rotatable bonds is 2. The smallest absolute Gasteiger partial charge is 0.216 e. The Kier molecular flexibility index (Phi) is 2.21. The van der Waals surface area contributed by atoms with Crippen molar-refractivity contribution in [3.8, 4) is 0 Å². The van der Waals surface area contributed by atoms with Crippen LogP contribution in [0.2, 0.25) is 5.28 Å². The monoisotopic (exact) mass is 160 g/mol. The highest BCUT2D eigenvalue weighted by Gasteiger charge is 2.02. The molecule has 0 radical (unpaired) electrons. The molecule has 0 aliphatic carbocycles. The number of aromatic nitrogens is 4. The lowest BCUT2D eigenvalue weighted by Crippen LogP contribution is -2.06. The molecule has 0 aromatic carbocycles. The zero-order chi connectivity index (χ0) is 7.56. The van der Waals surface area contributed by atoms with Gasteiger partial charge in [0.2, 0.25) is 5.28 Å². The van der Waals surface area contributed by atoms with Crippen molar-refractivity contribution >= 4 is 11.6 Å². The average molecular weight is 161 g/mol. The Labute approximate surface area is 64.2 Å². The lowest BCUT2D eigenvalue weighted by molar-refractivity contribution is 0.472. The molecule has 0 spiro atoms. The second-order valence-corrected chi connectivity index (χ2v) is 2.86. The molecule has 0 unspecified atom stereocenters. The molecule has 0 amide bonds. The van der Waals surface area contributed by atoms with E-state index in [1.165, 1.54) is 0 Å². The van der Waals surface area contributed by atoms with Crippen LogP contribution in [0.1, 0.15) is 13.8 Å². The third-order valence-corrected chi connectivity index (χ3v) is 1.30. The van der Waals surface area contributed by atoms with E-state index in [1.54, 1.807) is 4.68 Å². The van der Waals surface area contributed by atoms with Gasteiger partial charge in [-0.05, 0) is 27.9 Å². The molecule has 1 rings (SSSR count). The minimum absolute atomic E-state index is 0.355. The first-order valence-electron chi connectivity index (χ1n) is 3.12. The molecule has 1 aromatic heterocycles. The summed E-state index contributed by atoms with van der Waals surface area (Å²) in [5.41, 5.74) is 0. The summed E-state index contributed by atoms with van der Waals surface area (Å²) in [4.78, 5) is 0. The third-order valence-electron chi connectivity index (χ3n) is 1.03. The topological polar surface area (TPSA) is 43.6 Å². The van der Waals surface area contributed by atoms with Crippen LogP contribution < -0.4 is 0 Å². The van der Waals surface area contributed by atoms with Crippen LogP contribution in [0.15, 0.2) is 0 Å². The van der Waals surface area contributed by atoms with Crippen LogP contribution in [0.5, 0.6) is 0 Å². The van der Waals surface area contributed by atoms with Crippen molar-refractivity contribution in [2.45, 2.75) is 20.4 Å². The van der Waals surface area contributed by atoms with Gasteiger partial charge in [-0.1, -0.05) is 18.9 Å². The normalized spacial score (nSPS) is 10.8. The minimum atomic E-state index is 0.355. The molecule has 10 heavy (non-hydrogen) atoms. The number of halogens is 1. The summed E-state index contributed by atoms with van der Waals surface area (Å²) in [5.74, 6) is 0.515. The summed E-state index contributed by atoms with van der Waals surface area (Å²) in [6.07, 6.45) is 0. The number of hydrogen-bond acceptors (Lipinski definition) is 3. The maximum absolute atomic E-state index is 5.61. The zero-order valence-corrected chi connectivity index (χ0v) is 6.71. The largest absolute Gasteiger partial charge is 0.243 e. The third kappa shape index (κ3) is 1.67. The molecule has 1 heterocycles. The van der Waals surface area contributed by atoms with E-state index in [9.17, 15) is 0 Å². The first kappa shape index (κ1) is 7.47. The van der Waals surface area contributed by atoms with Gasteiger partial charge in [0.1, 0.15) is 0 Å². The Bertz CT molecular complexity index is 207. The standard InChI is InChI=1S/C5H9ClN4/c1-4(2)3-10-5(6)7-8-9-10/h4H,3H2,1-2H3. The van der Waals surface area contributed by atoms with Gasteiger partial charge in [-0.3, -0.25) is 0 Å². The lowest BCUT2D eigenvalue weighted by atomic mass is 10.2. The first-order chi connectivity index (χ1) is 4.70. The molecule has 0 saturated heterocycles. The van der Waals surface area contributed by atoms with Crippen LogP contribution in [0.25, 0.3) is 0 Å². The van der Waals surface area contributed by atoms with E-state index in [0.29, 0.717) is 11.2 Å². The van der Waals surface area contributed by atoms with Crippen LogP contribution >= 0.6 is 11.6 Å². The highest BCUT2D eigenvalue weighted by Crippen LogP contribution is 2.03. The highest BCUT2D eigenvalue weighted by atomic mass is 35.5. The summed E-state index contributed by atoms with van der Waals surface area (Å²) in [5, 5.41) is 11.0. The van der Waals surface area contributed by atoms with E-state index in [-0.39, 0.29) is 0 Å². The molecule has 0 fully saturated rings. The van der Waals surface area contributed by atoms with Crippen molar-refractivity contribution in [1.82, 2.24) is 20.2 Å². The summed E-state index contributed by atoms with van der Waals surface area (Å²) in [7, 11) is 0. The molecule has 1 aromatic rings. The number of tetrazole rings is 1. The Balaban J connectivity index is 2.65. The molecule has 0 saturated carbocycles. The van der Waals surface area contributed by atoms with Crippen molar-refractivity contribution in [1.29, 1.82) is 0 Å². The number of hydrogen-bond donors (Lipinski definition) is 0. The quantitative estimate of drug-likeness (QED) is 0.648. The van der Waals surface area contributed by atoms with Crippen molar-refractivity contribution in [2.75, 3.05) is 0 Å². The fraction of sp³-hybridized carbons (Fsp3) is 0.800. The molecule has 0 N–H and O–H groups in total. The maximum atomic E-state index is 5.61. The second kappa shape index (κ2) is 2.96. The Morgan fingerprint density at radius 3 is 2.70 bits per heavy atom. The molecule has 56 valence electrons. The van der Waals surface area contributed by atoms with Gasteiger partial charge in [-0.2, -0.15) is 0 Å². The van der Waals surface area contributed by atoms with Crippen molar-refractivity contribution in [3.63, 3.8) is 0 Å². The second-order valence-electron chi connectivity index (χ2n) is 2.52. The minimum Gasteiger partial charge on any atom is -0.216 e. The molecular weight excluding hydrogens is 152 g/mol. The molecule has 0 aliphatic heterocycles. The van der Waals surface area contributed by atoms with Gasteiger partial charge in [0.25, 0.3) is 0 Å². The van der Waals surface area contributed by atoms with E-state index in [0.717, 1.165) is 6.54 Å². The number of nitrogens with zero attached hydrogens (tertiary/aromatic N) is 4. The van der Waals surface area contributed by atoms with Crippen LogP contribution in [-0.2, 0) is 6.54 Å². The Morgan fingerprint density at radius 2 is 2.30 bits per heavy atom. The van der Waals surface area contributed by atoms with Gasteiger partial charge in [-0.25, -0.2) is 4.68 Å². The van der Waals surface area contributed by atoms with E-state index >= 15 is 0 Å². The summed E-state index contributed by atoms with van der Waals surface area (Å²) < 4.78 is 1.58. The van der Waals surface area contributed by atoms with E-state index in [4.69, 9.17) is 11.6 Å². The van der Waals surface area contributed by atoms with Crippen LogP contribution in [0.4, 0.5) is 0 Å². The molecule has 5 heteroatoms. The van der Waals surface area contributed by atoms with E-state index in [1.807, 2.05) is 0 Å². The SMILES string of the molecule is CC(C)Cn1nnnc1Cl. The van der Waals surface area contributed by atoms with Crippen LogP contribution in [-0.4, -0.2) is 20.2 Å². The van der Waals surface area contributed by atoms with Crippen LogP contribution in [0, 0.1) is 5.92 Å². The van der Waals surface area contributed by atoms with Gasteiger partial charge in [0.05, 0.1) is 0 Å². The van der Waals surface area contributed by atoms with E-state index in [2.05, 4.69) is 29.4 Å². The van der Waals surface area contributed by atoms with E-state index < -0.39 is 0 Å². The maximum Gasteiger partial charge on any atom is 0.243 e. The van der Waals surface area contributed by atoms with Crippen molar-refractivity contribution < 1.29 is 0 Å². The Hall–Kier alpha value is -0.640. The predicted octanol–water partition coefficient (Wildman–Crippen LogP) is 0.982. The van der Waals surface area contributed by atoms with Gasteiger partial charge in [-0.15, -0.1) is 0 Å². The van der Waals surface area contributed by atoms with Crippen molar-refractivity contribution in [2.24, 2.45) is 5.92 Å².